The number of nitrogens with one attached hydrogen (secondary N) is 1. The number of carbonyl (C=O) groups is 1. The first-order valence-electron chi connectivity index (χ1n) is 7.66. The van der Waals surface area contributed by atoms with Crippen molar-refractivity contribution in [1.29, 1.82) is 0 Å². The first-order chi connectivity index (χ1) is 12.1. The zero-order chi connectivity index (χ0) is 17.6. The summed E-state index contributed by atoms with van der Waals surface area (Å²) in [6.45, 7) is 0. The second-order valence-corrected chi connectivity index (χ2v) is 5.30. The Morgan fingerprint density at radius 2 is 2.08 bits per heavy atom. The largest absolute Gasteiger partial charge is 0.497 e. The molecule has 0 saturated carbocycles. The van der Waals surface area contributed by atoms with Crippen molar-refractivity contribution in [2.75, 3.05) is 12.4 Å². The summed E-state index contributed by atoms with van der Waals surface area (Å²) in [7, 11) is 1.58. The van der Waals surface area contributed by atoms with E-state index in [1.165, 1.54) is 18.2 Å². The molecule has 0 unspecified atom stereocenters. The zero-order valence-corrected chi connectivity index (χ0v) is 13.5. The first kappa shape index (κ1) is 16.6. The van der Waals surface area contributed by atoms with Crippen molar-refractivity contribution in [3.63, 3.8) is 0 Å². The molecule has 0 atom stereocenters. The van der Waals surface area contributed by atoms with Crippen molar-refractivity contribution in [1.82, 2.24) is 10.1 Å². The van der Waals surface area contributed by atoms with E-state index in [1.54, 1.807) is 19.2 Å². The minimum absolute atomic E-state index is 0.149. The highest BCUT2D eigenvalue weighted by molar-refractivity contribution is 5.90. The lowest BCUT2D eigenvalue weighted by Gasteiger charge is -2.03. The molecule has 25 heavy (non-hydrogen) atoms. The van der Waals surface area contributed by atoms with Crippen LogP contribution in [0.25, 0.3) is 11.4 Å². The van der Waals surface area contributed by atoms with Crippen LogP contribution in [0.3, 0.4) is 0 Å². The fourth-order valence-electron chi connectivity index (χ4n) is 2.25. The number of halogens is 1. The number of ether oxygens (including phenoxy) is 1. The van der Waals surface area contributed by atoms with Crippen molar-refractivity contribution in [2.45, 2.75) is 12.8 Å². The van der Waals surface area contributed by atoms with Gasteiger partial charge in [0.15, 0.2) is 0 Å². The molecule has 1 N–H and O–H groups in total. The van der Waals surface area contributed by atoms with Crippen LogP contribution in [0.5, 0.6) is 5.75 Å². The maximum absolute atomic E-state index is 13.1. The topological polar surface area (TPSA) is 77.2 Å². The third-order valence-corrected chi connectivity index (χ3v) is 3.47. The third kappa shape index (κ3) is 4.41. The van der Waals surface area contributed by atoms with Gasteiger partial charge >= 0.3 is 0 Å². The number of benzene rings is 2. The number of aromatic nitrogens is 2. The van der Waals surface area contributed by atoms with E-state index in [2.05, 4.69) is 15.5 Å². The SMILES string of the molecule is COc1cccc(-c2noc(CCC(=O)Nc3cccc(F)c3)n2)c1. The molecule has 0 radical (unpaired) electrons. The average molecular weight is 341 g/mol. The minimum atomic E-state index is -0.405. The van der Waals surface area contributed by atoms with E-state index in [-0.39, 0.29) is 18.7 Å². The van der Waals surface area contributed by atoms with Crippen LogP contribution in [0.2, 0.25) is 0 Å². The maximum atomic E-state index is 13.1. The van der Waals surface area contributed by atoms with Crippen molar-refractivity contribution < 1.29 is 18.4 Å². The first-order valence-corrected chi connectivity index (χ1v) is 7.66. The number of methoxy groups -OCH3 is 1. The Kier molecular flexibility index (Phi) is 5.03. The van der Waals surface area contributed by atoms with Gasteiger partial charge in [0.2, 0.25) is 17.6 Å². The summed E-state index contributed by atoms with van der Waals surface area (Å²) in [4.78, 5) is 16.2. The van der Waals surface area contributed by atoms with Crippen molar-refractivity contribution in [3.8, 4) is 17.1 Å². The number of hydrogen-bond acceptors (Lipinski definition) is 5. The molecule has 3 aromatic rings. The van der Waals surface area contributed by atoms with Crippen LogP contribution >= 0.6 is 0 Å². The van der Waals surface area contributed by atoms with Gasteiger partial charge in [-0.05, 0) is 30.3 Å². The van der Waals surface area contributed by atoms with E-state index < -0.39 is 5.82 Å². The number of aryl methyl sites for hydroxylation is 1. The Balaban J connectivity index is 1.59. The van der Waals surface area contributed by atoms with Gasteiger partial charge in [-0.3, -0.25) is 4.79 Å². The van der Waals surface area contributed by atoms with E-state index in [4.69, 9.17) is 9.26 Å². The lowest BCUT2D eigenvalue weighted by Crippen LogP contribution is -2.12. The molecule has 7 heteroatoms. The lowest BCUT2D eigenvalue weighted by atomic mass is 10.2. The smallest absolute Gasteiger partial charge is 0.227 e. The van der Waals surface area contributed by atoms with E-state index in [0.717, 1.165) is 5.56 Å². The van der Waals surface area contributed by atoms with Crippen LogP contribution < -0.4 is 10.1 Å². The third-order valence-electron chi connectivity index (χ3n) is 3.47. The normalized spacial score (nSPS) is 10.5. The van der Waals surface area contributed by atoms with Crippen LogP contribution in [-0.4, -0.2) is 23.2 Å². The molecule has 1 aromatic heterocycles. The molecular formula is C18H16FN3O3. The van der Waals surface area contributed by atoms with Crippen LogP contribution in [0, 0.1) is 5.82 Å². The van der Waals surface area contributed by atoms with Gasteiger partial charge < -0.3 is 14.6 Å². The fourth-order valence-corrected chi connectivity index (χ4v) is 2.25. The molecule has 0 spiro atoms. The van der Waals surface area contributed by atoms with Gasteiger partial charge in [-0.2, -0.15) is 4.98 Å². The quantitative estimate of drug-likeness (QED) is 0.743. The van der Waals surface area contributed by atoms with Gasteiger partial charge in [0, 0.05) is 24.1 Å². The summed E-state index contributed by atoms with van der Waals surface area (Å²) >= 11 is 0. The van der Waals surface area contributed by atoms with Crippen LogP contribution in [-0.2, 0) is 11.2 Å². The summed E-state index contributed by atoms with van der Waals surface area (Å²) in [5, 5.41) is 6.53. The number of carbonyl (C=O) groups excluding carboxylic acids is 1. The molecule has 0 fully saturated rings. The molecule has 128 valence electrons. The van der Waals surface area contributed by atoms with E-state index in [1.807, 2.05) is 18.2 Å². The van der Waals surface area contributed by atoms with E-state index >= 15 is 0 Å². The number of nitrogens with zero attached hydrogens (tertiary/aromatic N) is 2. The molecule has 0 saturated heterocycles. The predicted molar refractivity (Wildman–Crippen MR) is 89.6 cm³/mol. The van der Waals surface area contributed by atoms with Gasteiger partial charge in [-0.25, -0.2) is 4.39 Å². The second kappa shape index (κ2) is 7.57. The molecule has 0 aliphatic heterocycles. The molecule has 1 heterocycles. The van der Waals surface area contributed by atoms with E-state index in [9.17, 15) is 9.18 Å². The van der Waals surface area contributed by atoms with Crippen molar-refractivity contribution >= 4 is 11.6 Å². The molecular weight excluding hydrogens is 325 g/mol. The Morgan fingerprint density at radius 3 is 2.88 bits per heavy atom. The number of rotatable bonds is 6. The molecule has 1 amide bonds. The Hall–Kier alpha value is -3.22. The maximum Gasteiger partial charge on any atom is 0.227 e. The average Bonchev–Trinajstić information content (AvgIpc) is 3.09. The van der Waals surface area contributed by atoms with Crippen molar-refractivity contribution in [3.05, 3.63) is 60.2 Å². The highest BCUT2D eigenvalue weighted by Gasteiger charge is 2.11. The number of amides is 1. The van der Waals surface area contributed by atoms with Gasteiger partial charge in [0.1, 0.15) is 11.6 Å². The summed E-state index contributed by atoms with van der Waals surface area (Å²) in [6.07, 6.45) is 0.439. The number of anilines is 1. The fraction of sp³-hybridized carbons (Fsp3) is 0.167. The predicted octanol–water partition coefficient (Wildman–Crippen LogP) is 3.46. The monoisotopic (exact) mass is 341 g/mol. The Bertz CT molecular complexity index is 879. The van der Waals surface area contributed by atoms with Crippen molar-refractivity contribution in [2.24, 2.45) is 0 Å². The highest BCUT2D eigenvalue weighted by Crippen LogP contribution is 2.21. The van der Waals surface area contributed by atoms with Gasteiger partial charge in [-0.1, -0.05) is 23.4 Å². The van der Waals surface area contributed by atoms with Gasteiger partial charge in [-0.15, -0.1) is 0 Å². The molecule has 0 aliphatic carbocycles. The summed E-state index contributed by atoms with van der Waals surface area (Å²) in [5.41, 5.74) is 1.17. The van der Waals surface area contributed by atoms with Crippen LogP contribution in [0.15, 0.2) is 53.1 Å². The molecule has 0 bridgehead atoms. The van der Waals surface area contributed by atoms with Gasteiger partial charge in [0.05, 0.1) is 7.11 Å². The molecule has 6 nitrogen and oxygen atoms in total. The molecule has 0 aliphatic rings. The Morgan fingerprint density at radius 1 is 1.24 bits per heavy atom. The van der Waals surface area contributed by atoms with Crippen LogP contribution in [0.4, 0.5) is 10.1 Å². The summed E-state index contributed by atoms with van der Waals surface area (Å²) in [5.74, 6) is 0.814. The van der Waals surface area contributed by atoms with Gasteiger partial charge in [0.25, 0.3) is 0 Å². The van der Waals surface area contributed by atoms with Crippen LogP contribution in [0.1, 0.15) is 12.3 Å². The molecule has 2 aromatic carbocycles. The second-order valence-electron chi connectivity index (χ2n) is 5.30. The van der Waals surface area contributed by atoms with E-state index in [0.29, 0.717) is 23.2 Å². The Labute approximate surface area is 143 Å². The zero-order valence-electron chi connectivity index (χ0n) is 13.5. The number of hydrogen-bond donors (Lipinski definition) is 1. The molecule has 3 rings (SSSR count). The standard InChI is InChI=1S/C18H16FN3O3/c1-24-15-7-2-4-12(10-15)18-21-17(25-22-18)9-8-16(23)20-14-6-3-5-13(19)11-14/h2-7,10-11H,8-9H2,1H3,(H,20,23). The summed E-state index contributed by atoms with van der Waals surface area (Å²) < 4.78 is 23.4. The lowest BCUT2D eigenvalue weighted by molar-refractivity contribution is -0.116. The summed E-state index contributed by atoms with van der Waals surface area (Å²) in [6, 6.07) is 13.0. The highest BCUT2D eigenvalue weighted by atomic mass is 19.1. The minimum Gasteiger partial charge on any atom is -0.497 e.